The molecule has 2 N–H and O–H groups in total. The van der Waals surface area contributed by atoms with Crippen LogP contribution in [0.5, 0.6) is 11.5 Å². The molecule has 0 fully saturated rings. The van der Waals surface area contributed by atoms with Gasteiger partial charge >= 0.3 is 0 Å². The average Bonchev–Trinajstić information content (AvgIpc) is 2.93. The molecule has 37 heavy (non-hydrogen) atoms. The van der Waals surface area contributed by atoms with Gasteiger partial charge in [-0.05, 0) is 107 Å². The molecule has 0 saturated carbocycles. The first kappa shape index (κ1) is 26.8. The van der Waals surface area contributed by atoms with E-state index in [0.29, 0.717) is 0 Å². The Morgan fingerprint density at radius 3 is 0.973 bits per heavy atom. The first-order valence-corrected chi connectivity index (χ1v) is 14.6. The van der Waals surface area contributed by atoms with Crippen LogP contribution in [0.25, 0.3) is 0 Å². The van der Waals surface area contributed by atoms with E-state index in [1.807, 2.05) is 86.6 Å². The number of ether oxygens (including phenoxy) is 2. The van der Waals surface area contributed by atoms with E-state index in [4.69, 9.17) is 9.47 Å². The van der Waals surface area contributed by atoms with Crippen LogP contribution in [0.2, 0.25) is 0 Å². The zero-order valence-electron chi connectivity index (χ0n) is 22.4. The Kier molecular flexibility index (Phi) is 7.43. The van der Waals surface area contributed by atoms with E-state index >= 15 is 0 Å². The molecule has 0 spiro atoms. The lowest BCUT2D eigenvalue weighted by molar-refractivity contribution is 0.102. The molecular formula is C32H36O4S. The van der Waals surface area contributed by atoms with E-state index in [-0.39, 0.29) is 0 Å². The topological polar surface area (TPSA) is 58.9 Å². The molecule has 0 radical (unpaired) electrons. The monoisotopic (exact) mass is 516 g/mol. The summed E-state index contributed by atoms with van der Waals surface area (Å²) in [5, 5.41) is 22.6. The zero-order chi connectivity index (χ0) is 26.8. The van der Waals surface area contributed by atoms with Crippen LogP contribution in [0.3, 0.4) is 0 Å². The SMILES string of the molecule is COc1ccc(C(C)(O)c2ccc(S(C)(C)c3ccc(C(C)(O)c4ccc(OC)cc4)cc3)cc2)cc1. The zero-order valence-corrected chi connectivity index (χ0v) is 23.2. The molecule has 5 heteroatoms. The summed E-state index contributed by atoms with van der Waals surface area (Å²) in [7, 11) is 1.96. The molecule has 2 unspecified atom stereocenters. The van der Waals surface area contributed by atoms with Crippen molar-refractivity contribution in [3.63, 3.8) is 0 Å². The van der Waals surface area contributed by atoms with E-state index in [9.17, 15) is 10.2 Å². The van der Waals surface area contributed by atoms with Crippen LogP contribution < -0.4 is 9.47 Å². The summed E-state index contributed by atoms with van der Waals surface area (Å²) in [5.41, 5.74) is 1.07. The Morgan fingerprint density at radius 1 is 0.486 bits per heavy atom. The number of rotatable bonds is 8. The summed E-state index contributed by atoms with van der Waals surface area (Å²) in [4.78, 5) is 2.44. The van der Waals surface area contributed by atoms with Crippen LogP contribution in [0, 0.1) is 0 Å². The van der Waals surface area contributed by atoms with Gasteiger partial charge in [0.25, 0.3) is 0 Å². The van der Waals surface area contributed by atoms with Gasteiger partial charge in [-0.15, -0.1) is 0 Å². The van der Waals surface area contributed by atoms with Crippen molar-refractivity contribution in [2.75, 3.05) is 26.7 Å². The molecule has 0 aliphatic rings. The number of hydrogen-bond acceptors (Lipinski definition) is 4. The molecule has 2 atom stereocenters. The maximum atomic E-state index is 11.3. The molecule has 0 aliphatic carbocycles. The Bertz CT molecular complexity index is 1220. The molecule has 0 aliphatic heterocycles. The van der Waals surface area contributed by atoms with Crippen molar-refractivity contribution in [3.05, 3.63) is 119 Å². The lowest BCUT2D eigenvalue weighted by Gasteiger charge is -2.34. The third kappa shape index (κ3) is 5.26. The Morgan fingerprint density at radius 2 is 0.730 bits per heavy atom. The summed E-state index contributed by atoms with van der Waals surface area (Å²) in [5.74, 6) is 1.52. The number of aliphatic hydroxyl groups is 2. The summed E-state index contributed by atoms with van der Waals surface area (Å²) in [6.45, 7) is 3.63. The molecule has 0 heterocycles. The third-order valence-electron chi connectivity index (χ3n) is 7.32. The second-order valence-corrected chi connectivity index (χ2v) is 13.6. The number of methoxy groups -OCH3 is 2. The standard InChI is InChI=1S/C32H36O4S/c1-31(33,23-7-15-27(35-3)16-8-23)25-11-19-29(20-12-25)37(5,6)30-21-13-26(14-22-30)32(2,34)24-9-17-28(36-4)18-10-24/h7-22,33-34H,1-6H3. The van der Waals surface area contributed by atoms with Crippen LogP contribution >= 0.6 is 10.0 Å². The van der Waals surface area contributed by atoms with Crippen LogP contribution in [-0.4, -0.2) is 36.9 Å². The maximum absolute atomic E-state index is 11.3. The van der Waals surface area contributed by atoms with Crippen molar-refractivity contribution in [2.24, 2.45) is 0 Å². The third-order valence-corrected chi connectivity index (χ3v) is 10.2. The highest BCUT2D eigenvalue weighted by molar-refractivity contribution is 8.32. The molecule has 0 bridgehead atoms. The van der Waals surface area contributed by atoms with Gasteiger partial charge in [-0.25, -0.2) is 0 Å². The van der Waals surface area contributed by atoms with E-state index in [1.165, 1.54) is 9.79 Å². The van der Waals surface area contributed by atoms with Gasteiger partial charge in [0.2, 0.25) is 0 Å². The van der Waals surface area contributed by atoms with Crippen LogP contribution in [0.15, 0.2) is 107 Å². The highest BCUT2D eigenvalue weighted by Crippen LogP contribution is 2.56. The van der Waals surface area contributed by atoms with Gasteiger partial charge in [-0.2, -0.15) is 10.0 Å². The largest absolute Gasteiger partial charge is 0.497 e. The van der Waals surface area contributed by atoms with Crippen LogP contribution in [0.1, 0.15) is 36.1 Å². The highest BCUT2D eigenvalue weighted by Gasteiger charge is 2.28. The predicted octanol–water partition coefficient (Wildman–Crippen LogP) is 6.70. The quantitative estimate of drug-likeness (QED) is 0.274. The first-order chi connectivity index (χ1) is 17.5. The van der Waals surface area contributed by atoms with Gasteiger partial charge in [0.1, 0.15) is 22.7 Å². The molecule has 0 aromatic heterocycles. The Hall–Kier alpha value is -3.25. The maximum Gasteiger partial charge on any atom is 0.118 e. The molecule has 4 nitrogen and oxygen atoms in total. The van der Waals surface area contributed by atoms with Gasteiger partial charge < -0.3 is 19.7 Å². The molecular weight excluding hydrogens is 480 g/mol. The summed E-state index contributed by atoms with van der Waals surface area (Å²) in [6, 6.07) is 31.5. The van der Waals surface area contributed by atoms with Crippen molar-refractivity contribution in [2.45, 2.75) is 34.8 Å². The average molecular weight is 517 g/mol. The smallest absolute Gasteiger partial charge is 0.118 e. The number of hydrogen-bond donors (Lipinski definition) is 2. The van der Waals surface area contributed by atoms with E-state index in [1.54, 1.807) is 14.2 Å². The van der Waals surface area contributed by atoms with Gasteiger partial charge in [0.05, 0.1) is 14.2 Å². The fourth-order valence-corrected chi connectivity index (χ4v) is 6.45. The highest BCUT2D eigenvalue weighted by atomic mass is 32.3. The van der Waals surface area contributed by atoms with Gasteiger partial charge in [-0.3, -0.25) is 0 Å². The Balaban J connectivity index is 1.56. The van der Waals surface area contributed by atoms with Crippen LogP contribution in [0.4, 0.5) is 0 Å². The summed E-state index contributed by atoms with van der Waals surface area (Å²) in [6.07, 6.45) is 4.53. The van der Waals surface area contributed by atoms with Crippen molar-refractivity contribution in [1.29, 1.82) is 0 Å². The second-order valence-electron chi connectivity index (χ2n) is 9.98. The van der Waals surface area contributed by atoms with E-state index < -0.39 is 21.2 Å². The predicted molar refractivity (Wildman–Crippen MR) is 152 cm³/mol. The molecule has 4 aromatic rings. The molecule has 0 amide bonds. The van der Waals surface area contributed by atoms with Crippen LogP contribution in [-0.2, 0) is 11.2 Å². The number of benzene rings is 4. The van der Waals surface area contributed by atoms with Crippen molar-refractivity contribution in [1.82, 2.24) is 0 Å². The van der Waals surface area contributed by atoms with E-state index in [2.05, 4.69) is 36.8 Å². The minimum absolute atomic E-state index is 0.761. The fraction of sp³-hybridized carbons (Fsp3) is 0.250. The first-order valence-electron chi connectivity index (χ1n) is 12.2. The molecule has 4 rings (SSSR count). The summed E-state index contributed by atoms with van der Waals surface area (Å²) >= 11 is 0. The minimum Gasteiger partial charge on any atom is -0.497 e. The van der Waals surface area contributed by atoms with Crippen molar-refractivity contribution >= 4 is 10.0 Å². The van der Waals surface area contributed by atoms with E-state index in [0.717, 1.165) is 33.8 Å². The molecule has 194 valence electrons. The summed E-state index contributed by atoms with van der Waals surface area (Å²) < 4.78 is 10.5. The lowest BCUT2D eigenvalue weighted by atomic mass is 9.88. The van der Waals surface area contributed by atoms with Crippen molar-refractivity contribution < 1.29 is 19.7 Å². The molecule has 4 aromatic carbocycles. The minimum atomic E-state index is -1.31. The van der Waals surface area contributed by atoms with Gasteiger partial charge in [-0.1, -0.05) is 48.5 Å². The van der Waals surface area contributed by atoms with Gasteiger partial charge in [0.15, 0.2) is 0 Å². The lowest BCUT2D eigenvalue weighted by Crippen LogP contribution is -2.22. The normalized spacial score (nSPS) is 15.4. The van der Waals surface area contributed by atoms with Crippen molar-refractivity contribution in [3.8, 4) is 11.5 Å². The second kappa shape index (κ2) is 10.3. The van der Waals surface area contributed by atoms with Gasteiger partial charge in [0, 0.05) is 0 Å². The fourth-order valence-electron chi connectivity index (χ4n) is 4.54. The Labute approximate surface area is 221 Å². The molecule has 0 saturated heterocycles.